The van der Waals surface area contributed by atoms with Gasteiger partial charge in [0.25, 0.3) is 0 Å². The lowest BCUT2D eigenvalue weighted by Crippen LogP contribution is -2.36. The Bertz CT molecular complexity index is 992. The molecular weight excluding hydrogens is 438 g/mol. The van der Waals surface area contributed by atoms with E-state index in [1.54, 1.807) is 12.4 Å². The number of hydrogen-bond donors (Lipinski definition) is 0. The van der Waals surface area contributed by atoms with Crippen molar-refractivity contribution in [2.45, 2.75) is 31.5 Å². The summed E-state index contributed by atoms with van der Waals surface area (Å²) in [5, 5.41) is 9.38. The van der Waals surface area contributed by atoms with Gasteiger partial charge in [-0.3, -0.25) is 9.78 Å². The Morgan fingerprint density at radius 3 is 2.96 bits per heavy atom. The van der Waals surface area contributed by atoms with Crippen molar-refractivity contribution in [1.82, 2.24) is 19.7 Å². The Labute approximate surface area is 176 Å². The van der Waals surface area contributed by atoms with Gasteiger partial charge in [-0.15, -0.1) is 10.2 Å². The molecule has 0 unspecified atom stereocenters. The lowest BCUT2D eigenvalue weighted by atomic mass is 10.0. The second kappa shape index (κ2) is 8.45. The Morgan fingerprint density at radius 1 is 1.29 bits per heavy atom. The predicted octanol–water partition coefficient (Wildman–Crippen LogP) is 4.19. The SMILES string of the molecule is CCn1c(SCC(=O)N2CCCc3cc(Br)ccc32)nnc1-c1cccnc1. The predicted molar refractivity (Wildman–Crippen MR) is 114 cm³/mol. The van der Waals surface area contributed by atoms with Crippen LogP contribution in [0.5, 0.6) is 0 Å². The number of anilines is 1. The standard InChI is InChI=1S/C20H20BrN5OS/c1-2-25-19(15-5-3-9-22-12-15)23-24-20(25)28-13-18(27)26-10-4-6-14-11-16(21)7-8-17(14)26/h3,5,7-9,11-12H,2,4,6,10,13H2,1H3. The first-order chi connectivity index (χ1) is 13.7. The van der Waals surface area contributed by atoms with Gasteiger partial charge in [0.1, 0.15) is 0 Å². The summed E-state index contributed by atoms with van der Waals surface area (Å²) in [4.78, 5) is 19.0. The van der Waals surface area contributed by atoms with Gasteiger partial charge < -0.3 is 9.47 Å². The molecule has 1 aliphatic heterocycles. The molecule has 1 aromatic carbocycles. The van der Waals surface area contributed by atoms with E-state index in [1.165, 1.54) is 17.3 Å². The van der Waals surface area contributed by atoms with Crippen molar-refractivity contribution in [2.24, 2.45) is 0 Å². The first kappa shape index (κ1) is 19.1. The summed E-state index contributed by atoms with van der Waals surface area (Å²) in [6, 6.07) is 9.97. The van der Waals surface area contributed by atoms with Crippen LogP contribution in [0.3, 0.4) is 0 Å². The van der Waals surface area contributed by atoms with E-state index in [0.29, 0.717) is 5.75 Å². The molecule has 1 aliphatic rings. The average molecular weight is 458 g/mol. The number of hydrogen-bond acceptors (Lipinski definition) is 5. The van der Waals surface area contributed by atoms with Gasteiger partial charge in [0.05, 0.1) is 5.75 Å². The average Bonchev–Trinajstić information content (AvgIpc) is 3.15. The minimum absolute atomic E-state index is 0.0989. The van der Waals surface area contributed by atoms with Crippen LogP contribution in [0.4, 0.5) is 5.69 Å². The fourth-order valence-electron chi connectivity index (χ4n) is 3.42. The summed E-state index contributed by atoms with van der Waals surface area (Å²) >= 11 is 4.95. The van der Waals surface area contributed by atoms with E-state index in [-0.39, 0.29) is 5.91 Å². The molecule has 0 saturated heterocycles. The normalized spacial score (nSPS) is 13.4. The molecule has 6 nitrogen and oxygen atoms in total. The summed E-state index contributed by atoms with van der Waals surface area (Å²) in [7, 11) is 0. The summed E-state index contributed by atoms with van der Waals surface area (Å²) in [5.74, 6) is 1.21. The van der Waals surface area contributed by atoms with E-state index in [2.05, 4.69) is 37.2 Å². The van der Waals surface area contributed by atoms with Gasteiger partial charge in [0.2, 0.25) is 5.91 Å². The number of pyridine rings is 1. The van der Waals surface area contributed by atoms with E-state index in [9.17, 15) is 4.79 Å². The number of carbonyl (C=O) groups excluding carboxylic acids is 1. The van der Waals surface area contributed by atoms with Crippen LogP contribution in [-0.4, -0.2) is 38.0 Å². The van der Waals surface area contributed by atoms with Crippen LogP contribution < -0.4 is 4.90 Å². The molecule has 144 valence electrons. The highest BCUT2D eigenvalue weighted by atomic mass is 79.9. The molecule has 3 heterocycles. The van der Waals surface area contributed by atoms with E-state index >= 15 is 0 Å². The van der Waals surface area contributed by atoms with E-state index in [0.717, 1.165) is 52.6 Å². The quantitative estimate of drug-likeness (QED) is 0.537. The zero-order chi connectivity index (χ0) is 19.5. The molecule has 4 rings (SSSR count). The maximum absolute atomic E-state index is 12.9. The fourth-order valence-corrected chi connectivity index (χ4v) is 4.70. The topological polar surface area (TPSA) is 63.9 Å². The van der Waals surface area contributed by atoms with Crippen molar-refractivity contribution < 1.29 is 4.79 Å². The van der Waals surface area contributed by atoms with E-state index < -0.39 is 0 Å². The Hall–Kier alpha value is -2.19. The van der Waals surface area contributed by atoms with Gasteiger partial charge >= 0.3 is 0 Å². The van der Waals surface area contributed by atoms with Gasteiger partial charge in [-0.25, -0.2) is 0 Å². The monoisotopic (exact) mass is 457 g/mol. The van der Waals surface area contributed by atoms with Gasteiger partial charge in [-0.1, -0.05) is 27.7 Å². The number of benzene rings is 1. The number of rotatable bonds is 5. The molecule has 0 bridgehead atoms. The lowest BCUT2D eigenvalue weighted by Gasteiger charge is -2.29. The fraction of sp³-hybridized carbons (Fsp3) is 0.300. The van der Waals surface area contributed by atoms with Gasteiger partial charge in [0.15, 0.2) is 11.0 Å². The van der Waals surface area contributed by atoms with Crippen molar-refractivity contribution in [3.63, 3.8) is 0 Å². The molecule has 0 N–H and O–H groups in total. The van der Waals surface area contributed by atoms with E-state index in [1.807, 2.05) is 40.7 Å². The maximum atomic E-state index is 12.9. The van der Waals surface area contributed by atoms with Crippen LogP contribution in [0, 0.1) is 0 Å². The van der Waals surface area contributed by atoms with Crippen molar-refractivity contribution in [3.8, 4) is 11.4 Å². The summed E-state index contributed by atoms with van der Waals surface area (Å²) in [5.41, 5.74) is 3.16. The summed E-state index contributed by atoms with van der Waals surface area (Å²) < 4.78 is 3.07. The number of carbonyl (C=O) groups is 1. The third-order valence-electron chi connectivity index (χ3n) is 4.74. The molecule has 0 radical (unpaired) electrons. The molecule has 0 spiro atoms. The Kier molecular flexibility index (Phi) is 5.77. The maximum Gasteiger partial charge on any atom is 0.237 e. The van der Waals surface area contributed by atoms with Crippen LogP contribution >= 0.6 is 27.7 Å². The number of nitrogens with zero attached hydrogens (tertiary/aromatic N) is 5. The third kappa shape index (κ3) is 3.84. The second-order valence-corrected chi connectivity index (χ2v) is 8.36. The summed E-state index contributed by atoms with van der Waals surface area (Å²) in [6.07, 6.45) is 5.50. The zero-order valence-corrected chi connectivity index (χ0v) is 17.9. The van der Waals surface area contributed by atoms with Crippen molar-refractivity contribution >= 4 is 39.3 Å². The van der Waals surface area contributed by atoms with Crippen LogP contribution in [-0.2, 0) is 17.8 Å². The van der Waals surface area contributed by atoms with Gasteiger partial charge in [0, 0.05) is 41.2 Å². The number of halogens is 1. The van der Waals surface area contributed by atoms with E-state index in [4.69, 9.17) is 0 Å². The first-order valence-electron chi connectivity index (χ1n) is 9.22. The van der Waals surface area contributed by atoms with Crippen molar-refractivity contribution in [2.75, 3.05) is 17.2 Å². The highest BCUT2D eigenvalue weighted by Gasteiger charge is 2.23. The number of thioether (sulfide) groups is 1. The third-order valence-corrected chi connectivity index (χ3v) is 6.18. The molecule has 0 atom stereocenters. The lowest BCUT2D eigenvalue weighted by molar-refractivity contribution is -0.116. The molecule has 3 aromatic rings. The number of aromatic nitrogens is 4. The zero-order valence-electron chi connectivity index (χ0n) is 15.5. The number of aryl methyl sites for hydroxylation is 1. The number of fused-ring (bicyclic) bond motifs is 1. The van der Waals surface area contributed by atoms with Gasteiger partial charge in [-0.2, -0.15) is 0 Å². The largest absolute Gasteiger partial charge is 0.311 e. The van der Waals surface area contributed by atoms with Crippen LogP contribution in [0.1, 0.15) is 18.9 Å². The van der Waals surface area contributed by atoms with Crippen molar-refractivity contribution in [3.05, 3.63) is 52.8 Å². The van der Waals surface area contributed by atoms with Crippen LogP contribution in [0.25, 0.3) is 11.4 Å². The highest BCUT2D eigenvalue weighted by Crippen LogP contribution is 2.31. The summed E-state index contributed by atoms with van der Waals surface area (Å²) in [6.45, 7) is 3.54. The molecule has 1 amide bonds. The van der Waals surface area contributed by atoms with Crippen LogP contribution in [0.15, 0.2) is 52.4 Å². The minimum atomic E-state index is 0.0989. The Balaban J connectivity index is 1.50. The Morgan fingerprint density at radius 2 is 2.18 bits per heavy atom. The number of amides is 1. The van der Waals surface area contributed by atoms with Crippen LogP contribution in [0.2, 0.25) is 0 Å². The smallest absolute Gasteiger partial charge is 0.237 e. The molecular formula is C20H20BrN5OS. The minimum Gasteiger partial charge on any atom is -0.311 e. The molecule has 0 saturated carbocycles. The first-order valence-corrected chi connectivity index (χ1v) is 11.0. The molecule has 8 heteroatoms. The molecule has 0 fully saturated rings. The van der Waals surface area contributed by atoms with Crippen molar-refractivity contribution in [1.29, 1.82) is 0 Å². The molecule has 2 aromatic heterocycles. The van der Waals surface area contributed by atoms with Gasteiger partial charge in [-0.05, 0) is 55.7 Å². The molecule has 0 aliphatic carbocycles. The molecule has 28 heavy (non-hydrogen) atoms. The highest BCUT2D eigenvalue weighted by molar-refractivity contribution is 9.10. The second-order valence-electron chi connectivity index (χ2n) is 6.50.